The third-order valence-corrected chi connectivity index (χ3v) is 3.03. The molecule has 21 heavy (non-hydrogen) atoms. The first-order valence-electron chi connectivity index (χ1n) is 5.85. The predicted octanol–water partition coefficient (Wildman–Crippen LogP) is -2.32. The number of carboxylic acid groups (broad SMARTS) is 1. The number of nitrogens with one attached hydrogen (secondary N) is 1. The van der Waals surface area contributed by atoms with E-state index < -0.39 is 48.8 Å². The van der Waals surface area contributed by atoms with Crippen molar-refractivity contribution in [2.45, 2.75) is 24.5 Å². The lowest BCUT2D eigenvalue weighted by molar-refractivity contribution is -0.0518. The number of primary amides is 1. The fourth-order valence-electron chi connectivity index (χ4n) is 2.06. The molecule has 7 N–H and O–H groups in total. The van der Waals surface area contributed by atoms with Crippen LogP contribution in [0.4, 0.5) is 10.6 Å². The monoisotopic (exact) mass is 302 g/mol. The first-order valence-corrected chi connectivity index (χ1v) is 5.85. The van der Waals surface area contributed by atoms with Gasteiger partial charge in [-0.25, -0.2) is 14.6 Å². The number of urea groups is 1. The Labute approximate surface area is 117 Å². The molecule has 0 radical (unpaired) electrons. The largest absolute Gasteiger partial charge is 0.476 e. The average molecular weight is 302 g/mol. The van der Waals surface area contributed by atoms with Gasteiger partial charge in [-0.3, -0.25) is 9.88 Å². The molecule has 2 rings (SSSR count). The van der Waals surface area contributed by atoms with Gasteiger partial charge in [-0.15, -0.1) is 0 Å². The molecule has 1 aromatic heterocycles. The lowest BCUT2D eigenvalue weighted by Gasteiger charge is -2.18. The van der Waals surface area contributed by atoms with Crippen molar-refractivity contribution >= 4 is 17.8 Å². The topological polar surface area (TPSA) is 180 Å². The molecule has 116 valence electrons. The van der Waals surface area contributed by atoms with Gasteiger partial charge in [-0.2, -0.15) is 0 Å². The number of aromatic carboxylic acids is 1. The smallest absolute Gasteiger partial charge is 0.358 e. The van der Waals surface area contributed by atoms with E-state index in [1.807, 2.05) is 0 Å². The molecule has 4 atom stereocenters. The Kier molecular flexibility index (Phi) is 4.09. The van der Waals surface area contributed by atoms with Gasteiger partial charge in [0.05, 0.1) is 12.9 Å². The minimum atomic E-state index is -1.45. The Morgan fingerprint density at radius 1 is 1.43 bits per heavy atom. The number of nitrogens with two attached hydrogens (primary N) is 1. The van der Waals surface area contributed by atoms with Crippen molar-refractivity contribution in [1.29, 1.82) is 0 Å². The van der Waals surface area contributed by atoms with Crippen LogP contribution in [0.25, 0.3) is 0 Å². The third kappa shape index (κ3) is 2.67. The second kappa shape index (κ2) is 5.65. The number of carbonyl (C=O) groups excluding carboxylic acids is 1. The molecule has 1 fully saturated rings. The van der Waals surface area contributed by atoms with E-state index in [1.165, 1.54) is 0 Å². The maximum atomic E-state index is 11.0. The zero-order valence-corrected chi connectivity index (χ0v) is 10.6. The van der Waals surface area contributed by atoms with Crippen LogP contribution in [0.1, 0.15) is 16.7 Å². The summed E-state index contributed by atoms with van der Waals surface area (Å²) in [6.45, 7) is -0.548. The van der Waals surface area contributed by atoms with Gasteiger partial charge in [-0.1, -0.05) is 0 Å². The third-order valence-electron chi connectivity index (χ3n) is 3.03. The minimum absolute atomic E-state index is 0.301. The lowest BCUT2D eigenvalue weighted by Crippen LogP contribution is -2.33. The maximum Gasteiger partial charge on any atom is 0.358 e. The van der Waals surface area contributed by atoms with Crippen molar-refractivity contribution in [3.05, 3.63) is 12.0 Å². The number of rotatable bonds is 4. The molecule has 11 heteroatoms. The average Bonchev–Trinajstić information content (AvgIpc) is 2.92. The van der Waals surface area contributed by atoms with Gasteiger partial charge in [-0.05, 0) is 0 Å². The molecule has 0 spiro atoms. The zero-order chi connectivity index (χ0) is 15.7. The van der Waals surface area contributed by atoms with Gasteiger partial charge >= 0.3 is 12.0 Å². The molecule has 0 saturated carbocycles. The van der Waals surface area contributed by atoms with Gasteiger partial charge in [0.25, 0.3) is 0 Å². The Morgan fingerprint density at radius 2 is 2.10 bits per heavy atom. The standard InChI is InChI=1S/C10H14N4O7/c11-10(20)13-7-4(9(18)19)12-2-14(7)8-6(17)5(16)3(1-15)21-8/h2-3,5-6,8,15-17H,1H2,(H,18,19)(H3,11,13,20)/t3-,5-,6-,8-/m1/s1. The lowest BCUT2D eigenvalue weighted by atomic mass is 10.1. The second-order valence-electron chi connectivity index (χ2n) is 4.37. The summed E-state index contributed by atoms with van der Waals surface area (Å²) in [6, 6.07) is -1.04. The number of aromatic nitrogens is 2. The fraction of sp³-hybridized carbons (Fsp3) is 0.500. The summed E-state index contributed by atoms with van der Waals surface area (Å²) in [7, 11) is 0. The molecular weight excluding hydrogens is 288 g/mol. The highest BCUT2D eigenvalue weighted by Gasteiger charge is 2.44. The van der Waals surface area contributed by atoms with Crippen molar-refractivity contribution in [1.82, 2.24) is 9.55 Å². The van der Waals surface area contributed by atoms with Crippen LogP contribution < -0.4 is 11.1 Å². The summed E-state index contributed by atoms with van der Waals surface area (Å²) in [5, 5.41) is 39.7. The number of ether oxygens (including phenoxy) is 1. The van der Waals surface area contributed by atoms with Gasteiger partial charge in [0.15, 0.2) is 17.7 Å². The van der Waals surface area contributed by atoms with Crippen molar-refractivity contribution in [3.8, 4) is 0 Å². The number of amides is 2. The molecule has 0 unspecified atom stereocenters. The summed E-state index contributed by atoms with van der Waals surface area (Å²) < 4.78 is 6.24. The highest BCUT2D eigenvalue weighted by molar-refractivity contribution is 5.97. The van der Waals surface area contributed by atoms with Crippen LogP contribution in [-0.2, 0) is 4.74 Å². The number of carbonyl (C=O) groups is 2. The van der Waals surface area contributed by atoms with E-state index in [1.54, 1.807) is 0 Å². The number of hydrogen-bond donors (Lipinski definition) is 6. The number of imidazole rings is 1. The number of hydrogen-bond acceptors (Lipinski definition) is 7. The van der Waals surface area contributed by atoms with E-state index in [9.17, 15) is 19.8 Å². The summed E-state index contributed by atoms with van der Waals surface area (Å²) in [4.78, 5) is 25.6. The van der Waals surface area contributed by atoms with Gasteiger partial charge < -0.3 is 30.9 Å². The molecule has 2 amide bonds. The van der Waals surface area contributed by atoms with Crippen LogP contribution >= 0.6 is 0 Å². The quantitative estimate of drug-likeness (QED) is 0.358. The Morgan fingerprint density at radius 3 is 2.57 bits per heavy atom. The van der Waals surface area contributed by atoms with Crippen LogP contribution in [0.15, 0.2) is 6.33 Å². The predicted molar refractivity (Wildman–Crippen MR) is 65.4 cm³/mol. The molecule has 1 aliphatic heterocycles. The molecule has 0 aromatic carbocycles. The number of aliphatic hydroxyl groups excluding tert-OH is 3. The van der Waals surface area contributed by atoms with Crippen LogP contribution in [-0.4, -0.2) is 66.9 Å². The molecule has 0 bridgehead atoms. The molecule has 1 aliphatic rings. The minimum Gasteiger partial charge on any atom is -0.476 e. The highest BCUT2D eigenvalue weighted by Crippen LogP contribution is 2.32. The molecule has 11 nitrogen and oxygen atoms in total. The van der Waals surface area contributed by atoms with Gasteiger partial charge in [0.2, 0.25) is 0 Å². The van der Waals surface area contributed by atoms with Crippen LogP contribution in [0.3, 0.4) is 0 Å². The van der Waals surface area contributed by atoms with E-state index in [4.69, 9.17) is 20.7 Å². The Balaban J connectivity index is 2.40. The molecule has 2 heterocycles. The fourth-order valence-corrected chi connectivity index (χ4v) is 2.06. The van der Waals surface area contributed by atoms with Crippen molar-refractivity contribution in [3.63, 3.8) is 0 Å². The summed E-state index contributed by atoms with van der Waals surface area (Å²) in [5.41, 5.74) is 4.45. The van der Waals surface area contributed by atoms with Gasteiger partial charge in [0.1, 0.15) is 18.3 Å². The van der Waals surface area contributed by atoms with E-state index in [0.29, 0.717) is 0 Å². The van der Waals surface area contributed by atoms with Gasteiger partial charge in [0, 0.05) is 0 Å². The van der Waals surface area contributed by atoms with E-state index in [2.05, 4.69) is 10.3 Å². The van der Waals surface area contributed by atoms with Crippen molar-refractivity contribution < 1.29 is 34.8 Å². The molecule has 1 saturated heterocycles. The molecule has 1 aromatic rings. The number of aliphatic hydroxyl groups is 3. The molecule has 0 aliphatic carbocycles. The summed E-state index contributed by atoms with van der Waals surface area (Å²) >= 11 is 0. The second-order valence-corrected chi connectivity index (χ2v) is 4.37. The normalized spacial score (nSPS) is 28.5. The zero-order valence-electron chi connectivity index (χ0n) is 10.6. The Hall–Kier alpha value is -2.21. The SMILES string of the molecule is NC(=O)Nc1c(C(=O)O)ncn1[C@@H]1O[C@H](CO)[C@@H](O)[C@H]1O. The maximum absolute atomic E-state index is 11.0. The summed E-state index contributed by atoms with van der Waals surface area (Å²) in [5.74, 6) is -1.73. The number of anilines is 1. The Bertz CT molecular complexity index is 560. The summed E-state index contributed by atoms with van der Waals surface area (Å²) in [6.07, 6.45) is -4.11. The highest BCUT2D eigenvalue weighted by atomic mass is 16.6. The first kappa shape index (κ1) is 15.2. The van der Waals surface area contributed by atoms with Crippen LogP contribution in [0, 0.1) is 0 Å². The van der Waals surface area contributed by atoms with E-state index in [0.717, 1.165) is 10.9 Å². The van der Waals surface area contributed by atoms with Crippen LogP contribution in [0.2, 0.25) is 0 Å². The number of nitrogens with zero attached hydrogens (tertiary/aromatic N) is 2. The first-order chi connectivity index (χ1) is 9.86. The van der Waals surface area contributed by atoms with E-state index >= 15 is 0 Å². The van der Waals surface area contributed by atoms with Crippen molar-refractivity contribution in [2.75, 3.05) is 11.9 Å². The number of carboxylic acids is 1. The van der Waals surface area contributed by atoms with Crippen molar-refractivity contribution in [2.24, 2.45) is 5.73 Å². The van der Waals surface area contributed by atoms with E-state index in [-0.39, 0.29) is 5.82 Å². The van der Waals surface area contributed by atoms with Crippen LogP contribution in [0.5, 0.6) is 0 Å². The molecular formula is C10H14N4O7.